The van der Waals surface area contributed by atoms with Crippen LogP contribution in [-0.4, -0.2) is 66.0 Å². The monoisotopic (exact) mass is 442 g/mol. The average molecular weight is 443 g/mol. The minimum Gasteiger partial charge on any atom is -0.481 e. The summed E-state index contributed by atoms with van der Waals surface area (Å²) in [5, 5.41) is 12.9. The van der Waals surface area contributed by atoms with Crippen molar-refractivity contribution in [3.8, 4) is 0 Å². The Morgan fingerprint density at radius 1 is 1.25 bits per heavy atom. The van der Waals surface area contributed by atoms with E-state index in [-0.39, 0.29) is 18.4 Å². The van der Waals surface area contributed by atoms with Crippen molar-refractivity contribution in [1.82, 2.24) is 14.9 Å². The van der Waals surface area contributed by atoms with Crippen LogP contribution in [0.25, 0.3) is 0 Å². The highest BCUT2D eigenvalue weighted by Gasteiger charge is 2.25. The summed E-state index contributed by atoms with van der Waals surface area (Å²) in [6.07, 6.45) is 5.34. The van der Waals surface area contributed by atoms with E-state index >= 15 is 0 Å². The molecule has 1 aromatic heterocycles. The Labute approximate surface area is 190 Å². The van der Waals surface area contributed by atoms with Crippen molar-refractivity contribution in [2.24, 2.45) is 0 Å². The second-order valence-corrected chi connectivity index (χ2v) is 8.04. The predicted octanol–water partition coefficient (Wildman–Crippen LogP) is 3.77. The maximum Gasteiger partial charge on any atom is 0.304 e. The molecule has 0 amide bonds. The molecule has 8 heteroatoms. The number of methoxy groups -OCH3 is 1. The molecule has 0 bridgehead atoms. The lowest BCUT2D eigenvalue weighted by atomic mass is 9.91. The second-order valence-electron chi connectivity index (χ2n) is 8.04. The molecule has 1 aliphatic heterocycles. The molecule has 1 aliphatic rings. The minimum atomic E-state index is -0.839. The Hall–Kier alpha value is -2.55. The first-order valence-electron chi connectivity index (χ1n) is 11.3. The number of hydrogen-bond acceptors (Lipinski definition) is 7. The topological polar surface area (TPSA) is 96.8 Å². The van der Waals surface area contributed by atoms with E-state index in [0.717, 1.165) is 61.9 Å². The molecule has 1 unspecified atom stereocenters. The molecular weight excluding hydrogens is 408 g/mol. The molecule has 32 heavy (non-hydrogen) atoms. The van der Waals surface area contributed by atoms with Gasteiger partial charge in [-0.1, -0.05) is 26.0 Å². The Morgan fingerprint density at radius 3 is 2.56 bits per heavy atom. The standard InChI is InChI=1S/C24H34N4O4/c1-4-22(28-8-10-32-11-9-28)20-7-6-17(18(16-31-3)13-24(29)30)12-21(20)27-19-14-25-23(5-2)26-15-19/h6-7,12,14-15,18,22,27H,4-5,8-11,13,16H2,1-3H3,(H,29,30)/t18?,22-/m0/s1. The minimum absolute atomic E-state index is 0.0155. The van der Waals surface area contributed by atoms with Gasteiger partial charge in [-0.3, -0.25) is 9.69 Å². The number of nitrogens with one attached hydrogen (secondary N) is 1. The normalized spacial score (nSPS) is 16.5. The molecule has 2 atom stereocenters. The highest BCUT2D eigenvalue weighted by molar-refractivity contribution is 5.69. The highest BCUT2D eigenvalue weighted by Crippen LogP contribution is 2.35. The molecule has 1 saturated heterocycles. The molecule has 2 N–H and O–H groups in total. The van der Waals surface area contributed by atoms with Crippen molar-refractivity contribution in [1.29, 1.82) is 0 Å². The Bertz CT molecular complexity index is 869. The van der Waals surface area contributed by atoms with Gasteiger partial charge in [0.15, 0.2) is 0 Å². The fraction of sp³-hybridized carbons (Fsp3) is 0.542. The molecule has 174 valence electrons. The van der Waals surface area contributed by atoms with Crippen LogP contribution in [0.3, 0.4) is 0 Å². The maximum atomic E-state index is 11.4. The van der Waals surface area contributed by atoms with Crippen molar-refractivity contribution >= 4 is 17.3 Å². The van der Waals surface area contributed by atoms with E-state index in [1.54, 1.807) is 19.5 Å². The molecule has 0 spiro atoms. The lowest BCUT2D eigenvalue weighted by Crippen LogP contribution is -2.39. The van der Waals surface area contributed by atoms with Gasteiger partial charge in [0.25, 0.3) is 0 Å². The van der Waals surface area contributed by atoms with Gasteiger partial charge < -0.3 is 19.9 Å². The zero-order chi connectivity index (χ0) is 22.9. The number of nitrogens with zero attached hydrogens (tertiary/aromatic N) is 3. The van der Waals surface area contributed by atoms with Gasteiger partial charge >= 0.3 is 5.97 Å². The van der Waals surface area contributed by atoms with E-state index in [9.17, 15) is 9.90 Å². The van der Waals surface area contributed by atoms with E-state index in [1.165, 1.54) is 5.56 Å². The molecule has 0 aliphatic carbocycles. The van der Waals surface area contributed by atoms with Crippen LogP contribution < -0.4 is 5.32 Å². The van der Waals surface area contributed by atoms with Crippen molar-refractivity contribution in [2.45, 2.75) is 45.1 Å². The van der Waals surface area contributed by atoms with Gasteiger partial charge in [-0.05, 0) is 23.6 Å². The number of ether oxygens (including phenoxy) is 2. The molecule has 8 nitrogen and oxygen atoms in total. The summed E-state index contributed by atoms with van der Waals surface area (Å²) in [7, 11) is 1.60. The van der Waals surface area contributed by atoms with Crippen LogP contribution in [0.5, 0.6) is 0 Å². The highest BCUT2D eigenvalue weighted by atomic mass is 16.5. The third kappa shape index (κ3) is 6.25. The summed E-state index contributed by atoms with van der Waals surface area (Å²) in [5.41, 5.74) is 3.85. The third-order valence-electron chi connectivity index (χ3n) is 5.87. The van der Waals surface area contributed by atoms with Crippen LogP contribution in [0.15, 0.2) is 30.6 Å². The number of carbonyl (C=O) groups is 1. The Morgan fingerprint density at radius 2 is 1.97 bits per heavy atom. The largest absolute Gasteiger partial charge is 0.481 e. The lowest BCUT2D eigenvalue weighted by Gasteiger charge is -2.35. The summed E-state index contributed by atoms with van der Waals surface area (Å²) in [5.74, 6) is -0.269. The van der Waals surface area contributed by atoms with Crippen LogP contribution >= 0.6 is 0 Å². The van der Waals surface area contributed by atoms with Crippen molar-refractivity contribution in [2.75, 3.05) is 45.3 Å². The third-order valence-corrected chi connectivity index (χ3v) is 5.87. The Kier molecular flexibility index (Phi) is 8.96. The number of carboxylic acids is 1. The molecule has 1 fully saturated rings. The zero-order valence-corrected chi connectivity index (χ0v) is 19.2. The summed E-state index contributed by atoms with van der Waals surface area (Å²) >= 11 is 0. The molecule has 1 aromatic carbocycles. The molecular formula is C24H34N4O4. The van der Waals surface area contributed by atoms with Crippen molar-refractivity contribution in [3.05, 3.63) is 47.5 Å². The van der Waals surface area contributed by atoms with E-state index in [4.69, 9.17) is 9.47 Å². The number of benzene rings is 1. The van der Waals surface area contributed by atoms with E-state index in [1.807, 2.05) is 13.0 Å². The van der Waals surface area contributed by atoms with Gasteiger partial charge in [-0.15, -0.1) is 0 Å². The van der Waals surface area contributed by atoms with Crippen LogP contribution in [0.2, 0.25) is 0 Å². The number of aryl methyl sites for hydroxylation is 1. The van der Waals surface area contributed by atoms with E-state index in [2.05, 4.69) is 39.2 Å². The van der Waals surface area contributed by atoms with Crippen LogP contribution in [-0.2, 0) is 20.7 Å². The molecule has 0 radical (unpaired) electrons. The summed E-state index contributed by atoms with van der Waals surface area (Å²) in [4.78, 5) is 22.7. The first-order chi connectivity index (χ1) is 15.5. The molecule has 2 heterocycles. The van der Waals surface area contributed by atoms with Crippen LogP contribution in [0.1, 0.15) is 55.6 Å². The zero-order valence-electron chi connectivity index (χ0n) is 19.2. The van der Waals surface area contributed by atoms with Gasteiger partial charge in [0.2, 0.25) is 0 Å². The summed E-state index contributed by atoms with van der Waals surface area (Å²) < 4.78 is 10.9. The number of morpholine rings is 1. The molecule has 2 aromatic rings. The van der Waals surface area contributed by atoms with Crippen molar-refractivity contribution in [3.63, 3.8) is 0 Å². The van der Waals surface area contributed by atoms with Gasteiger partial charge in [0, 0.05) is 44.3 Å². The van der Waals surface area contributed by atoms with Gasteiger partial charge in [-0.2, -0.15) is 0 Å². The fourth-order valence-electron chi connectivity index (χ4n) is 4.23. The number of carboxylic acid groups (broad SMARTS) is 1. The molecule has 3 rings (SSSR count). The quantitative estimate of drug-likeness (QED) is 0.543. The number of aliphatic carboxylic acids is 1. The van der Waals surface area contributed by atoms with Gasteiger partial charge in [-0.25, -0.2) is 9.97 Å². The van der Waals surface area contributed by atoms with Crippen LogP contribution in [0, 0.1) is 0 Å². The number of hydrogen-bond donors (Lipinski definition) is 2. The van der Waals surface area contributed by atoms with E-state index < -0.39 is 5.97 Å². The lowest BCUT2D eigenvalue weighted by molar-refractivity contribution is -0.137. The number of rotatable bonds is 11. The average Bonchev–Trinajstić information content (AvgIpc) is 2.81. The fourth-order valence-corrected chi connectivity index (χ4v) is 4.23. The maximum absolute atomic E-state index is 11.4. The predicted molar refractivity (Wildman–Crippen MR) is 123 cm³/mol. The summed E-state index contributed by atoms with van der Waals surface area (Å²) in [6, 6.07) is 6.44. The first kappa shape index (κ1) is 24.1. The molecule has 0 saturated carbocycles. The number of aromatic nitrogens is 2. The number of anilines is 2. The van der Waals surface area contributed by atoms with Gasteiger partial charge in [0.05, 0.1) is 44.3 Å². The van der Waals surface area contributed by atoms with Gasteiger partial charge in [0.1, 0.15) is 5.82 Å². The SMILES string of the molecule is CCc1ncc(Nc2cc(C(COC)CC(=O)O)ccc2[C@H](CC)N2CCOCC2)cn1. The summed E-state index contributed by atoms with van der Waals surface area (Å²) in [6.45, 7) is 7.81. The van der Waals surface area contributed by atoms with Crippen LogP contribution in [0.4, 0.5) is 11.4 Å². The first-order valence-corrected chi connectivity index (χ1v) is 11.3. The van der Waals surface area contributed by atoms with E-state index in [0.29, 0.717) is 6.61 Å². The second kappa shape index (κ2) is 11.9. The van der Waals surface area contributed by atoms with Crippen molar-refractivity contribution < 1.29 is 19.4 Å². The smallest absolute Gasteiger partial charge is 0.304 e. The Balaban J connectivity index is 1.98.